The average molecular weight is 133 g/mol. The predicted octanol–water partition coefficient (Wildman–Crippen LogP) is 1.30. The van der Waals surface area contributed by atoms with Gasteiger partial charge in [0.25, 0.3) is 1.43 Å². The summed E-state index contributed by atoms with van der Waals surface area (Å²) in [7, 11) is 0. The van der Waals surface area contributed by atoms with Crippen LogP contribution in [0.3, 0.4) is 0 Å². The fraction of sp³-hybridized carbons (Fsp3) is 0.833. The lowest BCUT2D eigenvalue weighted by atomic mass is 10.1. The van der Waals surface area contributed by atoms with E-state index in [1.54, 1.807) is 0 Å². The Balaban J connectivity index is 3.26. The molecule has 1 atom stereocenters. The average Bonchev–Trinajstić information content (AvgIpc) is 1.99. The Hall–Kier alpha value is -0.730. The summed E-state index contributed by atoms with van der Waals surface area (Å²) in [5.74, 6) is 0.444. The van der Waals surface area contributed by atoms with Crippen molar-refractivity contribution in [2.75, 3.05) is 6.54 Å². The fourth-order valence-corrected chi connectivity index (χ4v) is 0.402. The molecule has 0 saturated heterocycles. The molecule has 0 aromatic carbocycles. The van der Waals surface area contributed by atoms with Gasteiger partial charge >= 0.3 is 6.09 Å². The van der Waals surface area contributed by atoms with Crippen molar-refractivity contribution < 1.29 is 9.90 Å². The SMILES string of the molecule is [3H]OC(=O)NCC(C)CC. The van der Waals surface area contributed by atoms with Crippen LogP contribution in [0.15, 0.2) is 0 Å². The Bertz CT molecular complexity index is 108. The first-order valence-electron chi connectivity index (χ1n) is 3.52. The summed E-state index contributed by atoms with van der Waals surface area (Å²) in [6.07, 6.45) is 0.332. The summed E-state index contributed by atoms with van der Waals surface area (Å²) in [5.41, 5.74) is 0. The zero-order chi connectivity index (χ0) is 7.98. The van der Waals surface area contributed by atoms with Crippen molar-refractivity contribution in [1.29, 1.82) is 1.43 Å². The molecule has 3 nitrogen and oxygen atoms in total. The molecule has 0 saturated carbocycles. The number of carbonyl (C=O) groups is 1. The predicted molar refractivity (Wildman–Crippen MR) is 35.5 cm³/mol. The molecule has 3 heteroatoms. The van der Waals surface area contributed by atoms with E-state index >= 15 is 0 Å². The van der Waals surface area contributed by atoms with Crippen molar-refractivity contribution >= 4 is 6.09 Å². The molecule has 0 spiro atoms. The van der Waals surface area contributed by atoms with E-state index in [9.17, 15) is 4.79 Å². The van der Waals surface area contributed by atoms with Gasteiger partial charge in [0.2, 0.25) is 0 Å². The Morgan fingerprint density at radius 3 is 3.11 bits per heavy atom. The molecule has 0 radical (unpaired) electrons. The van der Waals surface area contributed by atoms with Gasteiger partial charge in [-0.15, -0.1) is 0 Å². The largest absolute Gasteiger partial charge is 0.465 e. The van der Waals surface area contributed by atoms with Crippen LogP contribution in [0.2, 0.25) is 0 Å². The lowest BCUT2D eigenvalue weighted by Crippen LogP contribution is -2.25. The van der Waals surface area contributed by atoms with Crippen molar-refractivity contribution in [1.82, 2.24) is 5.32 Å². The first kappa shape index (κ1) is 6.39. The van der Waals surface area contributed by atoms with E-state index in [4.69, 9.17) is 1.43 Å². The molecule has 0 aromatic rings. The number of hydrogen-bond acceptors (Lipinski definition) is 2. The fourth-order valence-electron chi connectivity index (χ4n) is 0.402. The topological polar surface area (TPSA) is 49.3 Å². The summed E-state index contributed by atoms with van der Waals surface area (Å²) in [5, 5.41) is 6.08. The minimum Gasteiger partial charge on any atom is -0.465 e. The van der Waals surface area contributed by atoms with E-state index in [1.165, 1.54) is 0 Å². The number of hydrogen-bond donors (Lipinski definition) is 2. The van der Waals surface area contributed by atoms with E-state index in [0.717, 1.165) is 6.42 Å². The Kier molecular flexibility index (Phi) is 2.97. The maximum Gasteiger partial charge on any atom is 0.404 e. The first-order valence-corrected chi connectivity index (χ1v) is 3.11. The first-order chi connectivity index (χ1) is 4.70. The summed E-state index contributed by atoms with van der Waals surface area (Å²) in [6.45, 7) is 4.64. The number of carboxylic acid groups (broad SMARTS) is 1. The zero-order valence-electron chi connectivity index (χ0n) is 6.81. The lowest BCUT2D eigenvalue weighted by Gasteiger charge is -2.05. The van der Waals surface area contributed by atoms with Crippen LogP contribution in [-0.4, -0.2) is 17.7 Å². The summed E-state index contributed by atoms with van der Waals surface area (Å²) in [6, 6.07) is 0. The van der Waals surface area contributed by atoms with E-state index in [1.807, 2.05) is 13.8 Å². The molecule has 0 aliphatic carbocycles. The van der Waals surface area contributed by atoms with Gasteiger partial charge in [-0.05, 0) is 5.92 Å². The van der Waals surface area contributed by atoms with E-state index in [2.05, 4.69) is 10.4 Å². The molecule has 1 amide bonds. The van der Waals surface area contributed by atoms with Crippen molar-refractivity contribution in [3.8, 4) is 0 Å². The molecule has 0 aliphatic rings. The maximum atomic E-state index is 10.3. The van der Waals surface area contributed by atoms with Crippen molar-refractivity contribution in [2.45, 2.75) is 20.3 Å². The van der Waals surface area contributed by atoms with E-state index < -0.39 is 6.09 Å². The lowest BCUT2D eigenvalue weighted by molar-refractivity contribution is 0.192. The molecule has 0 fully saturated rings. The molecule has 0 aliphatic heterocycles. The van der Waals surface area contributed by atoms with Gasteiger partial charge in [0.1, 0.15) is 0 Å². The van der Waals surface area contributed by atoms with Crippen LogP contribution >= 0.6 is 0 Å². The van der Waals surface area contributed by atoms with Gasteiger partial charge in [-0.2, -0.15) is 0 Å². The van der Waals surface area contributed by atoms with Crippen LogP contribution in [0.4, 0.5) is 4.79 Å². The van der Waals surface area contributed by atoms with Gasteiger partial charge < -0.3 is 10.4 Å². The highest BCUT2D eigenvalue weighted by Crippen LogP contribution is 1.96. The highest BCUT2D eigenvalue weighted by molar-refractivity contribution is 5.64. The second-order valence-corrected chi connectivity index (χ2v) is 2.18. The normalized spacial score (nSPS) is 13.8. The minimum atomic E-state index is -0.680. The van der Waals surface area contributed by atoms with Gasteiger partial charge in [0.05, 0.1) is 0 Å². The molecule has 0 rings (SSSR count). The van der Waals surface area contributed by atoms with Crippen LogP contribution in [0.25, 0.3) is 1.43 Å². The highest BCUT2D eigenvalue weighted by atomic mass is 16.4. The number of nitrogens with one attached hydrogen (secondary N) is 1. The third-order valence-corrected chi connectivity index (χ3v) is 1.29. The second kappa shape index (κ2) is 4.18. The summed E-state index contributed by atoms with van der Waals surface area (Å²) in [4.78, 5) is 10.3. The highest BCUT2D eigenvalue weighted by Gasteiger charge is 1.99. The van der Waals surface area contributed by atoms with Crippen molar-refractivity contribution in [3.63, 3.8) is 0 Å². The zero-order valence-corrected chi connectivity index (χ0v) is 5.81. The van der Waals surface area contributed by atoms with Crippen LogP contribution < -0.4 is 5.32 Å². The smallest absolute Gasteiger partial charge is 0.404 e. The standard InChI is InChI=1S/C6H13NO2/c1-3-5(2)4-7-6(8)9/h5,7H,3-4H2,1-2H3,(H,8,9)/i/hT. The molecule has 9 heavy (non-hydrogen) atoms. The molecule has 0 bridgehead atoms. The molecule has 1 unspecified atom stereocenters. The Labute approximate surface area is 56.6 Å². The number of amides is 1. The minimum absolute atomic E-state index is 0.444. The third-order valence-electron chi connectivity index (χ3n) is 1.29. The van der Waals surface area contributed by atoms with Gasteiger partial charge in [-0.3, -0.25) is 0 Å². The molecule has 0 heterocycles. The van der Waals surface area contributed by atoms with Crippen LogP contribution in [-0.2, 0) is 0 Å². The molecular formula is C6H13NO2. The Morgan fingerprint density at radius 1 is 2.00 bits per heavy atom. The second-order valence-electron chi connectivity index (χ2n) is 2.18. The van der Waals surface area contributed by atoms with Crippen molar-refractivity contribution in [3.05, 3.63) is 0 Å². The van der Waals surface area contributed by atoms with E-state index in [0.29, 0.717) is 12.5 Å². The van der Waals surface area contributed by atoms with Crippen LogP contribution in [0.1, 0.15) is 20.3 Å². The molecule has 54 valence electrons. The number of rotatable bonds is 3. The van der Waals surface area contributed by atoms with Crippen LogP contribution in [0, 0.1) is 5.92 Å². The Morgan fingerprint density at radius 2 is 2.67 bits per heavy atom. The molecule has 0 aromatic heterocycles. The van der Waals surface area contributed by atoms with Gasteiger partial charge in [0.15, 0.2) is 0 Å². The van der Waals surface area contributed by atoms with Gasteiger partial charge in [-0.25, -0.2) is 4.79 Å². The summed E-state index contributed by atoms with van der Waals surface area (Å²) < 4.78 is 6.20. The monoisotopic (exact) mass is 133 g/mol. The van der Waals surface area contributed by atoms with Gasteiger partial charge in [0, 0.05) is 6.54 Å². The molecular weight excluding hydrogens is 118 g/mol. The van der Waals surface area contributed by atoms with E-state index in [-0.39, 0.29) is 0 Å². The maximum absolute atomic E-state index is 10.3. The van der Waals surface area contributed by atoms with Gasteiger partial charge in [-0.1, -0.05) is 20.3 Å². The molecule has 2 N–H and O–H groups in total. The van der Waals surface area contributed by atoms with Crippen LogP contribution in [0.5, 0.6) is 0 Å². The summed E-state index contributed by atoms with van der Waals surface area (Å²) >= 11 is 0. The quantitative estimate of drug-likeness (QED) is 0.609. The third kappa shape index (κ3) is 5.14. The van der Waals surface area contributed by atoms with Crippen molar-refractivity contribution in [2.24, 2.45) is 5.92 Å².